The zero-order chi connectivity index (χ0) is 12.1. The summed E-state index contributed by atoms with van der Waals surface area (Å²) in [5.41, 5.74) is 0. The van der Waals surface area contributed by atoms with Crippen molar-refractivity contribution in [3.05, 3.63) is 18.2 Å². The average Bonchev–Trinajstić information content (AvgIpc) is 3.13. The predicted molar refractivity (Wildman–Crippen MR) is 65.1 cm³/mol. The van der Waals surface area contributed by atoms with Crippen molar-refractivity contribution in [2.75, 3.05) is 19.0 Å². The second kappa shape index (κ2) is 5.52. The van der Waals surface area contributed by atoms with Crippen LogP contribution >= 0.6 is 0 Å². The van der Waals surface area contributed by atoms with Crippen LogP contribution in [0.15, 0.2) is 18.2 Å². The molecule has 1 aliphatic carbocycles. The molecule has 17 heavy (non-hydrogen) atoms. The fourth-order valence-electron chi connectivity index (χ4n) is 1.46. The average molecular weight is 235 g/mol. The number of nitrogens with zero attached hydrogens (tertiary/aromatic N) is 1. The summed E-state index contributed by atoms with van der Waals surface area (Å²) in [5, 5.41) is 6.03. The van der Waals surface area contributed by atoms with Crippen LogP contribution in [0.25, 0.3) is 0 Å². The number of amides is 1. The van der Waals surface area contributed by atoms with Crippen molar-refractivity contribution in [1.29, 1.82) is 0 Å². The first kappa shape index (κ1) is 11.7. The van der Waals surface area contributed by atoms with Crippen LogP contribution in [0.1, 0.15) is 19.3 Å². The SMILES string of the molecule is COc1cccc(NCCC(=O)NC2CC2)n1. The molecule has 1 heterocycles. The van der Waals surface area contributed by atoms with E-state index in [4.69, 9.17) is 4.74 Å². The van der Waals surface area contributed by atoms with E-state index in [0.29, 0.717) is 24.9 Å². The smallest absolute Gasteiger partial charge is 0.221 e. The van der Waals surface area contributed by atoms with Crippen molar-refractivity contribution >= 4 is 11.7 Å². The number of anilines is 1. The molecular weight excluding hydrogens is 218 g/mol. The Morgan fingerprint density at radius 3 is 3.06 bits per heavy atom. The molecule has 1 aromatic heterocycles. The summed E-state index contributed by atoms with van der Waals surface area (Å²) in [4.78, 5) is 15.6. The third-order valence-corrected chi connectivity index (χ3v) is 2.53. The molecule has 0 unspecified atom stereocenters. The normalized spacial score (nSPS) is 14.2. The van der Waals surface area contributed by atoms with E-state index in [1.54, 1.807) is 13.2 Å². The van der Waals surface area contributed by atoms with E-state index in [1.165, 1.54) is 0 Å². The van der Waals surface area contributed by atoms with Crippen LogP contribution < -0.4 is 15.4 Å². The Balaban J connectivity index is 1.71. The van der Waals surface area contributed by atoms with Crippen molar-refractivity contribution in [2.24, 2.45) is 0 Å². The minimum atomic E-state index is 0.0999. The molecule has 1 amide bonds. The Hall–Kier alpha value is -1.78. The van der Waals surface area contributed by atoms with Gasteiger partial charge >= 0.3 is 0 Å². The van der Waals surface area contributed by atoms with Crippen LogP contribution in [-0.4, -0.2) is 30.6 Å². The van der Waals surface area contributed by atoms with E-state index in [2.05, 4.69) is 15.6 Å². The monoisotopic (exact) mass is 235 g/mol. The number of carbonyl (C=O) groups excluding carboxylic acids is 1. The van der Waals surface area contributed by atoms with E-state index < -0.39 is 0 Å². The summed E-state index contributed by atoms with van der Waals surface area (Å²) in [6, 6.07) is 5.92. The molecular formula is C12H17N3O2. The van der Waals surface area contributed by atoms with Crippen molar-refractivity contribution in [1.82, 2.24) is 10.3 Å². The number of carbonyl (C=O) groups is 1. The van der Waals surface area contributed by atoms with Crippen molar-refractivity contribution < 1.29 is 9.53 Å². The lowest BCUT2D eigenvalue weighted by atomic mass is 10.3. The lowest BCUT2D eigenvalue weighted by molar-refractivity contribution is -0.120. The molecule has 0 radical (unpaired) electrons. The van der Waals surface area contributed by atoms with Gasteiger partial charge in [0.15, 0.2) is 0 Å². The second-order valence-corrected chi connectivity index (χ2v) is 4.08. The molecule has 0 saturated heterocycles. The van der Waals surface area contributed by atoms with Crippen LogP contribution in [-0.2, 0) is 4.79 Å². The quantitative estimate of drug-likeness (QED) is 0.777. The zero-order valence-electron chi connectivity index (χ0n) is 9.90. The standard InChI is InChI=1S/C12H17N3O2/c1-17-12-4-2-3-10(15-12)13-8-7-11(16)14-9-5-6-9/h2-4,9H,5-8H2,1H3,(H,13,15)(H,14,16). The highest BCUT2D eigenvalue weighted by atomic mass is 16.5. The first-order chi connectivity index (χ1) is 8.28. The van der Waals surface area contributed by atoms with Gasteiger partial charge in [0, 0.05) is 25.1 Å². The van der Waals surface area contributed by atoms with Crippen molar-refractivity contribution in [3.8, 4) is 5.88 Å². The van der Waals surface area contributed by atoms with Gasteiger partial charge in [-0.2, -0.15) is 4.98 Å². The van der Waals surface area contributed by atoms with Gasteiger partial charge in [0.05, 0.1) is 7.11 Å². The number of aromatic nitrogens is 1. The van der Waals surface area contributed by atoms with Gasteiger partial charge in [0.2, 0.25) is 11.8 Å². The Kier molecular flexibility index (Phi) is 3.80. The van der Waals surface area contributed by atoms with Crippen LogP contribution in [0, 0.1) is 0 Å². The highest BCUT2D eigenvalue weighted by molar-refractivity contribution is 5.77. The molecule has 1 aromatic rings. The van der Waals surface area contributed by atoms with Crippen LogP contribution in [0.3, 0.4) is 0 Å². The zero-order valence-corrected chi connectivity index (χ0v) is 9.90. The molecule has 0 bridgehead atoms. The molecule has 1 saturated carbocycles. The largest absolute Gasteiger partial charge is 0.481 e. The third kappa shape index (κ3) is 3.94. The van der Waals surface area contributed by atoms with E-state index >= 15 is 0 Å². The molecule has 0 spiro atoms. The number of hydrogen-bond donors (Lipinski definition) is 2. The fraction of sp³-hybridized carbons (Fsp3) is 0.500. The minimum Gasteiger partial charge on any atom is -0.481 e. The maximum Gasteiger partial charge on any atom is 0.221 e. The van der Waals surface area contributed by atoms with Gasteiger partial charge in [-0.05, 0) is 18.9 Å². The van der Waals surface area contributed by atoms with Gasteiger partial charge in [0.25, 0.3) is 0 Å². The maximum atomic E-state index is 11.4. The van der Waals surface area contributed by atoms with Crippen LogP contribution in [0.5, 0.6) is 5.88 Å². The first-order valence-electron chi connectivity index (χ1n) is 5.82. The Bertz CT molecular complexity index is 391. The summed E-state index contributed by atoms with van der Waals surface area (Å²) < 4.78 is 5.01. The Labute approximate surface area is 101 Å². The number of pyridine rings is 1. The van der Waals surface area contributed by atoms with Crippen molar-refractivity contribution in [3.63, 3.8) is 0 Å². The highest BCUT2D eigenvalue weighted by Gasteiger charge is 2.22. The highest BCUT2D eigenvalue weighted by Crippen LogP contribution is 2.18. The van der Waals surface area contributed by atoms with Gasteiger partial charge < -0.3 is 15.4 Å². The molecule has 0 atom stereocenters. The molecule has 0 aromatic carbocycles. The summed E-state index contributed by atoms with van der Waals surface area (Å²) in [6.07, 6.45) is 2.71. The summed E-state index contributed by atoms with van der Waals surface area (Å²) in [5.74, 6) is 1.39. The molecule has 5 nitrogen and oxygen atoms in total. The Morgan fingerprint density at radius 1 is 1.53 bits per heavy atom. The van der Waals surface area contributed by atoms with Gasteiger partial charge in [-0.25, -0.2) is 0 Å². The maximum absolute atomic E-state index is 11.4. The molecule has 5 heteroatoms. The summed E-state index contributed by atoms with van der Waals surface area (Å²) in [7, 11) is 1.58. The second-order valence-electron chi connectivity index (χ2n) is 4.08. The fourth-order valence-corrected chi connectivity index (χ4v) is 1.46. The molecule has 0 aliphatic heterocycles. The van der Waals surface area contributed by atoms with Crippen LogP contribution in [0.4, 0.5) is 5.82 Å². The predicted octanol–water partition coefficient (Wildman–Crippen LogP) is 1.17. The van der Waals surface area contributed by atoms with Gasteiger partial charge in [-0.3, -0.25) is 4.79 Å². The Morgan fingerprint density at radius 2 is 2.35 bits per heavy atom. The number of ether oxygens (including phenoxy) is 1. The topological polar surface area (TPSA) is 63.2 Å². The molecule has 2 rings (SSSR count). The van der Waals surface area contributed by atoms with Gasteiger partial charge in [-0.1, -0.05) is 6.07 Å². The number of methoxy groups -OCH3 is 1. The number of hydrogen-bond acceptors (Lipinski definition) is 4. The summed E-state index contributed by atoms with van der Waals surface area (Å²) >= 11 is 0. The third-order valence-electron chi connectivity index (χ3n) is 2.53. The molecule has 2 N–H and O–H groups in total. The van der Waals surface area contributed by atoms with E-state index in [1.807, 2.05) is 12.1 Å². The number of rotatable bonds is 6. The lowest BCUT2D eigenvalue weighted by Gasteiger charge is -2.07. The first-order valence-corrected chi connectivity index (χ1v) is 5.82. The van der Waals surface area contributed by atoms with Crippen LogP contribution in [0.2, 0.25) is 0 Å². The lowest BCUT2D eigenvalue weighted by Crippen LogP contribution is -2.27. The molecule has 1 fully saturated rings. The van der Waals surface area contributed by atoms with E-state index in [0.717, 1.165) is 18.7 Å². The summed E-state index contributed by atoms with van der Waals surface area (Å²) in [6.45, 7) is 0.582. The van der Waals surface area contributed by atoms with Gasteiger partial charge in [0.1, 0.15) is 5.82 Å². The minimum absolute atomic E-state index is 0.0999. The van der Waals surface area contributed by atoms with Crippen molar-refractivity contribution in [2.45, 2.75) is 25.3 Å². The van der Waals surface area contributed by atoms with E-state index in [9.17, 15) is 4.79 Å². The molecule has 92 valence electrons. The van der Waals surface area contributed by atoms with Gasteiger partial charge in [-0.15, -0.1) is 0 Å². The number of nitrogens with one attached hydrogen (secondary N) is 2. The molecule has 1 aliphatic rings. The van der Waals surface area contributed by atoms with E-state index in [-0.39, 0.29) is 5.91 Å².